The van der Waals surface area contributed by atoms with Crippen LogP contribution in [0.1, 0.15) is 11.1 Å². The highest BCUT2D eigenvalue weighted by atomic mass is 16.1. The van der Waals surface area contributed by atoms with Crippen molar-refractivity contribution in [3.05, 3.63) is 83.9 Å². The average Bonchev–Trinajstić information content (AvgIpc) is 2.54. The number of hydrogen-bond acceptors (Lipinski definition) is 1. The van der Waals surface area contributed by atoms with E-state index in [0.717, 1.165) is 11.1 Å². The van der Waals surface area contributed by atoms with Gasteiger partial charge in [0.2, 0.25) is 5.91 Å². The highest BCUT2D eigenvalue weighted by molar-refractivity contribution is 5.86. The number of amides is 1. The van der Waals surface area contributed by atoms with Crippen molar-refractivity contribution in [1.29, 1.82) is 0 Å². The van der Waals surface area contributed by atoms with Gasteiger partial charge in [0.25, 0.3) is 0 Å². The molecule has 0 spiro atoms. The SMILES string of the molecule is O=C(Cc1ccccc1)NCc1cccc2ccccc12. The molecule has 0 saturated carbocycles. The van der Waals surface area contributed by atoms with Crippen molar-refractivity contribution < 1.29 is 4.79 Å². The van der Waals surface area contributed by atoms with E-state index in [-0.39, 0.29) is 5.91 Å². The van der Waals surface area contributed by atoms with E-state index < -0.39 is 0 Å². The second kappa shape index (κ2) is 6.23. The van der Waals surface area contributed by atoms with E-state index in [1.807, 2.05) is 48.5 Å². The molecule has 104 valence electrons. The van der Waals surface area contributed by atoms with Crippen LogP contribution in [0.5, 0.6) is 0 Å². The lowest BCUT2D eigenvalue weighted by Crippen LogP contribution is -2.24. The Bertz CT molecular complexity index is 744. The van der Waals surface area contributed by atoms with E-state index in [2.05, 4.69) is 29.6 Å². The predicted octanol–water partition coefficient (Wildman–Crippen LogP) is 3.70. The lowest BCUT2D eigenvalue weighted by atomic mass is 10.0. The fourth-order valence-corrected chi connectivity index (χ4v) is 2.48. The maximum atomic E-state index is 12.0. The maximum Gasteiger partial charge on any atom is 0.224 e. The summed E-state index contributed by atoms with van der Waals surface area (Å²) in [5.41, 5.74) is 2.18. The van der Waals surface area contributed by atoms with Gasteiger partial charge >= 0.3 is 0 Å². The van der Waals surface area contributed by atoms with Crippen molar-refractivity contribution in [1.82, 2.24) is 5.32 Å². The average molecular weight is 275 g/mol. The first-order chi connectivity index (χ1) is 10.3. The number of carbonyl (C=O) groups excluding carboxylic acids is 1. The Balaban J connectivity index is 1.68. The number of nitrogens with one attached hydrogen (secondary N) is 1. The third kappa shape index (κ3) is 3.29. The van der Waals surface area contributed by atoms with Gasteiger partial charge in [0, 0.05) is 6.54 Å². The van der Waals surface area contributed by atoms with Gasteiger partial charge < -0.3 is 5.32 Å². The fraction of sp³-hybridized carbons (Fsp3) is 0.105. The number of carbonyl (C=O) groups is 1. The van der Waals surface area contributed by atoms with Crippen molar-refractivity contribution in [2.45, 2.75) is 13.0 Å². The van der Waals surface area contributed by atoms with Gasteiger partial charge in [-0.2, -0.15) is 0 Å². The van der Waals surface area contributed by atoms with Crippen LogP contribution < -0.4 is 5.32 Å². The van der Waals surface area contributed by atoms with Crippen LogP contribution in [0, 0.1) is 0 Å². The van der Waals surface area contributed by atoms with Crippen molar-refractivity contribution in [3.8, 4) is 0 Å². The van der Waals surface area contributed by atoms with E-state index in [9.17, 15) is 4.79 Å². The number of rotatable bonds is 4. The lowest BCUT2D eigenvalue weighted by Gasteiger charge is -2.08. The molecule has 0 radical (unpaired) electrons. The maximum absolute atomic E-state index is 12.0. The summed E-state index contributed by atoms with van der Waals surface area (Å²) in [6.45, 7) is 0.563. The Morgan fingerprint density at radius 3 is 2.38 bits per heavy atom. The second-order valence-electron chi connectivity index (χ2n) is 5.08. The highest BCUT2D eigenvalue weighted by Gasteiger charge is 2.04. The van der Waals surface area contributed by atoms with Crippen LogP contribution in [-0.2, 0) is 17.8 Å². The standard InChI is InChI=1S/C19H17NO/c21-19(13-15-7-2-1-3-8-15)20-14-17-11-6-10-16-9-4-5-12-18(16)17/h1-12H,13-14H2,(H,20,21). The van der Waals surface area contributed by atoms with Gasteiger partial charge in [0.1, 0.15) is 0 Å². The van der Waals surface area contributed by atoms with Gasteiger partial charge in [0.15, 0.2) is 0 Å². The molecule has 3 aromatic carbocycles. The molecular weight excluding hydrogens is 258 g/mol. The third-order valence-corrected chi connectivity index (χ3v) is 3.56. The van der Waals surface area contributed by atoms with Gasteiger partial charge in [-0.15, -0.1) is 0 Å². The molecule has 21 heavy (non-hydrogen) atoms. The fourth-order valence-electron chi connectivity index (χ4n) is 2.48. The molecule has 0 fully saturated rings. The summed E-state index contributed by atoms with van der Waals surface area (Å²) < 4.78 is 0. The van der Waals surface area contributed by atoms with Gasteiger partial charge in [-0.25, -0.2) is 0 Å². The molecular formula is C19H17NO. The molecule has 2 nitrogen and oxygen atoms in total. The molecule has 0 aliphatic rings. The van der Waals surface area contributed by atoms with Crippen molar-refractivity contribution in [2.75, 3.05) is 0 Å². The summed E-state index contributed by atoms with van der Waals surface area (Å²) in [5.74, 6) is 0.0501. The van der Waals surface area contributed by atoms with E-state index in [4.69, 9.17) is 0 Å². The first-order valence-electron chi connectivity index (χ1n) is 7.10. The minimum Gasteiger partial charge on any atom is -0.352 e. The summed E-state index contributed by atoms with van der Waals surface area (Å²) in [6.07, 6.45) is 0.422. The second-order valence-corrected chi connectivity index (χ2v) is 5.08. The first kappa shape index (κ1) is 13.4. The Labute approximate surface area is 124 Å². The molecule has 0 aliphatic carbocycles. The molecule has 0 atom stereocenters. The zero-order valence-corrected chi connectivity index (χ0v) is 11.8. The van der Waals surface area contributed by atoms with Crippen LogP contribution in [0.4, 0.5) is 0 Å². The summed E-state index contributed by atoms with van der Waals surface area (Å²) in [5, 5.41) is 5.40. The molecule has 0 bridgehead atoms. The molecule has 2 heteroatoms. The summed E-state index contributed by atoms with van der Waals surface area (Å²) in [7, 11) is 0. The Morgan fingerprint density at radius 2 is 1.52 bits per heavy atom. The van der Waals surface area contributed by atoms with E-state index in [0.29, 0.717) is 13.0 Å². The zero-order valence-electron chi connectivity index (χ0n) is 11.8. The van der Waals surface area contributed by atoms with Gasteiger partial charge in [-0.05, 0) is 21.9 Å². The third-order valence-electron chi connectivity index (χ3n) is 3.56. The molecule has 0 unspecified atom stereocenters. The topological polar surface area (TPSA) is 29.1 Å². The summed E-state index contributed by atoms with van der Waals surface area (Å²) in [4.78, 5) is 12.0. The van der Waals surface area contributed by atoms with Crippen LogP contribution in [-0.4, -0.2) is 5.91 Å². The molecule has 0 aromatic heterocycles. The zero-order chi connectivity index (χ0) is 14.5. The molecule has 0 heterocycles. The number of benzene rings is 3. The summed E-state index contributed by atoms with van der Waals surface area (Å²) >= 11 is 0. The minimum atomic E-state index is 0.0501. The molecule has 1 N–H and O–H groups in total. The van der Waals surface area contributed by atoms with E-state index in [1.54, 1.807) is 0 Å². The van der Waals surface area contributed by atoms with Crippen LogP contribution in [0.3, 0.4) is 0 Å². The van der Waals surface area contributed by atoms with Crippen molar-refractivity contribution in [3.63, 3.8) is 0 Å². The minimum absolute atomic E-state index is 0.0501. The number of hydrogen-bond donors (Lipinski definition) is 1. The van der Waals surface area contributed by atoms with Gasteiger partial charge in [-0.1, -0.05) is 72.8 Å². The number of fused-ring (bicyclic) bond motifs is 1. The highest BCUT2D eigenvalue weighted by Crippen LogP contribution is 2.18. The van der Waals surface area contributed by atoms with Crippen LogP contribution in [0.15, 0.2) is 72.8 Å². The van der Waals surface area contributed by atoms with E-state index in [1.165, 1.54) is 10.8 Å². The Hall–Kier alpha value is -2.61. The predicted molar refractivity (Wildman–Crippen MR) is 85.9 cm³/mol. The lowest BCUT2D eigenvalue weighted by molar-refractivity contribution is -0.120. The molecule has 3 aromatic rings. The quantitative estimate of drug-likeness (QED) is 0.773. The van der Waals surface area contributed by atoms with E-state index >= 15 is 0 Å². The summed E-state index contributed by atoms with van der Waals surface area (Å²) in [6, 6.07) is 24.2. The molecule has 0 saturated heterocycles. The molecule has 0 aliphatic heterocycles. The molecule has 3 rings (SSSR count). The monoisotopic (exact) mass is 275 g/mol. The van der Waals surface area contributed by atoms with Crippen LogP contribution in [0.25, 0.3) is 10.8 Å². The van der Waals surface area contributed by atoms with Crippen LogP contribution in [0.2, 0.25) is 0 Å². The Kier molecular flexibility index (Phi) is 3.97. The van der Waals surface area contributed by atoms with Gasteiger partial charge in [0.05, 0.1) is 6.42 Å². The smallest absolute Gasteiger partial charge is 0.224 e. The van der Waals surface area contributed by atoms with Crippen LogP contribution >= 0.6 is 0 Å². The normalized spacial score (nSPS) is 10.5. The van der Waals surface area contributed by atoms with Gasteiger partial charge in [-0.3, -0.25) is 4.79 Å². The largest absolute Gasteiger partial charge is 0.352 e. The van der Waals surface area contributed by atoms with Crippen molar-refractivity contribution in [2.24, 2.45) is 0 Å². The molecule has 1 amide bonds. The van der Waals surface area contributed by atoms with Crippen molar-refractivity contribution >= 4 is 16.7 Å². The first-order valence-corrected chi connectivity index (χ1v) is 7.10. The Morgan fingerprint density at radius 1 is 0.810 bits per heavy atom.